The van der Waals surface area contributed by atoms with Crippen LogP contribution in [0.2, 0.25) is 0 Å². The van der Waals surface area contributed by atoms with Gasteiger partial charge in [0, 0.05) is 49.1 Å². The molecule has 2 aliphatic heterocycles. The van der Waals surface area contributed by atoms with E-state index in [-0.39, 0.29) is 35.9 Å². The topological polar surface area (TPSA) is 47.6 Å². The van der Waals surface area contributed by atoms with Crippen LogP contribution in [0.1, 0.15) is 20.8 Å². The number of rotatable bonds is 2. The number of nitrogens with one attached hydrogen (secondary N) is 2. The van der Waals surface area contributed by atoms with Crippen molar-refractivity contribution in [2.75, 3.05) is 13.2 Å². The molecule has 116 valence electrons. The van der Waals surface area contributed by atoms with Gasteiger partial charge in [-0.05, 0) is 5.92 Å². The minimum Gasteiger partial charge on any atom is -0.379 e. The molecule has 0 bridgehead atoms. The molecule has 1 saturated heterocycles. The number of allylic oxidation sites excluding steroid dienone is 2. The molecule has 0 aromatic rings. The number of fused-ring (bicyclic) bond motifs is 2. The Bertz CT molecular complexity index is 577. The second-order valence-corrected chi connectivity index (χ2v) is 6.06. The van der Waals surface area contributed by atoms with Crippen molar-refractivity contribution in [3.8, 4) is 0 Å². The molecule has 2 heterocycles. The van der Waals surface area contributed by atoms with Gasteiger partial charge in [-0.1, -0.05) is 38.2 Å². The molecule has 1 atom stereocenters. The van der Waals surface area contributed by atoms with Gasteiger partial charge >= 0.3 is 0 Å². The smallest absolute Gasteiger partial charge is 0.225 e. The van der Waals surface area contributed by atoms with Gasteiger partial charge < -0.3 is 10.7 Å². The van der Waals surface area contributed by atoms with Crippen molar-refractivity contribution in [3.63, 3.8) is 0 Å². The standard InChI is InChI=1S/C16H22N4O.Sn/c1-11(2)9-19-10-20(12(3)21)15-8-17-14-7-5-4-6-13(14)16(15)18-19;/h4-8,11,14,17-18H,9-10H2,1-3H3;. The zero-order valence-corrected chi connectivity index (χ0v) is 16.1. The third-order valence-corrected chi connectivity index (χ3v) is 3.81. The summed E-state index contributed by atoms with van der Waals surface area (Å²) in [7, 11) is 0. The summed E-state index contributed by atoms with van der Waals surface area (Å²) in [6.45, 7) is 7.44. The molecule has 5 nitrogen and oxygen atoms in total. The Morgan fingerprint density at radius 1 is 1.41 bits per heavy atom. The van der Waals surface area contributed by atoms with Crippen LogP contribution in [0.3, 0.4) is 0 Å². The maximum atomic E-state index is 12.0. The first-order valence-electron chi connectivity index (χ1n) is 7.41. The maximum absolute atomic E-state index is 12.0. The fraction of sp³-hybridized carbons (Fsp3) is 0.438. The van der Waals surface area contributed by atoms with Crippen LogP contribution in [-0.4, -0.2) is 59.0 Å². The Morgan fingerprint density at radius 3 is 2.86 bits per heavy atom. The minimum atomic E-state index is 0. The largest absolute Gasteiger partial charge is 0.379 e. The molecule has 0 spiro atoms. The monoisotopic (exact) mass is 406 g/mol. The van der Waals surface area contributed by atoms with E-state index in [0.29, 0.717) is 12.6 Å². The fourth-order valence-electron chi connectivity index (χ4n) is 2.90. The van der Waals surface area contributed by atoms with Crippen molar-refractivity contribution < 1.29 is 4.79 Å². The van der Waals surface area contributed by atoms with Crippen molar-refractivity contribution in [3.05, 3.63) is 47.5 Å². The Morgan fingerprint density at radius 2 is 2.18 bits per heavy atom. The van der Waals surface area contributed by atoms with E-state index in [1.807, 2.05) is 23.3 Å². The summed E-state index contributed by atoms with van der Waals surface area (Å²) in [5, 5.41) is 5.46. The van der Waals surface area contributed by atoms with Gasteiger partial charge in [0.2, 0.25) is 5.91 Å². The minimum absolute atomic E-state index is 0. The quantitative estimate of drug-likeness (QED) is 0.676. The Labute approximate surface area is 148 Å². The number of hydrazine groups is 1. The third kappa shape index (κ3) is 3.25. The molecule has 1 fully saturated rings. The summed E-state index contributed by atoms with van der Waals surface area (Å²) < 4.78 is 0. The first kappa shape index (κ1) is 17.1. The Kier molecular flexibility index (Phi) is 5.39. The van der Waals surface area contributed by atoms with Gasteiger partial charge in [-0.15, -0.1) is 0 Å². The number of amides is 1. The van der Waals surface area contributed by atoms with Crippen LogP contribution in [0.4, 0.5) is 0 Å². The van der Waals surface area contributed by atoms with Crippen LogP contribution in [0.15, 0.2) is 47.5 Å². The van der Waals surface area contributed by atoms with Crippen molar-refractivity contribution in [2.45, 2.75) is 26.8 Å². The summed E-state index contributed by atoms with van der Waals surface area (Å²) in [5.41, 5.74) is 6.63. The molecular formula is C16H22N4OSn. The van der Waals surface area contributed by atoms with E-state index in [4.69, 9.17) is 0 Å². The van der Waals surface area contributed by atoms with E-state index < -0.39 is 0 Å². The SMILES string of the molecule is CC(=O)N1CN(CC(C)C)NC2=C3C=CC=CC3NC=C21.[Sn]. The molecule has 2 N–H and O–H groups in total. The summed E-state index contributed by atoms with van der Waals surface area (Å²) in [6, 6.07) is 0.175. The predicted octanol–water partition coefficient (Wildman–Crippen LogP) is 1.08. The van der Waals surface area contributed by atoms with Gasteiger partial charge in [0.1, 0.15) is 0 Å². The van der Waals surface area contributed by atoms with Gasteiger partial charge in [0.05, 0.1) is 24.1 Å². The van der Waals surface area contributed by atoms with Gasteiger partial charge in [-0.3, -0.25) is 9.69 Å². The van der Waals surface area contributed by atoms with E-state index >= 15 is 0 Å². The summed E-state index contributed by atoms with van der Waals surface area (Å²) in [5.74, 6) is 0.590. The normalized spacial score (nSPS) is 23.2. The predicted molar refractivity (Wildman–Crippen MR) is 88.1 cm³/mol. The summed E-state index contributed by atoms with van der Waals surface area (Å²) in [4.78, 5) is 13.8. The first-order valence-corrected chi connectivity index (χ1v) is 7.41. The van der Waals surface area contributed by atoms with E-state index in [1.165, 1.54) is 5.57 Å². The van der Waals surface area contributed by atoms with E-state index in [0.717, 1.165) is 17.9 Å². The summed E-state index contributed by atoms with van der Waals surface area (Å²) in [6.07, 6.45) is 10.2. The molecule has 3 rings (SSSR count). The van der Waals surface area contributed by atoms with Crippen LogP contribution < -0.4 is 10.7 Å². The molecule has 1 aliphatic carbocycles. The molecule has 0 aromatic carbocycles. The van der Waals surface area contributed by atoms with E-state index in [1.54, 1.807) is 6.92 Å². The number of hydrogen-bond acceptors (Lipinski definition) is 4. The van der Waals surface area contributed by atoms with Crippen LogP contribution in [-0.2, 0) is 4.79 Å². The number of dihydropyridines is 1. The number of hydrogen-bond donors (Lipinski definition) is 2. The molecule has 6 heteroatoms. The van der Waals surface area contributed by atoms with Gasteiger partial charge in [0.15, 0.2) is 0 Å². The fourth-order valence-corrected chi connectivity index (χ4v) is 2.90. The second-order valence-electron chi connectivity index (χ2n) is 6.06. The molecule has 1 unspecified atom stereocenters. The molecule has 3 aliphatic rings. The second kappa shape index (κ2) is 6.91. The van der Waals surface area contributed by atoms with E-state index in [2.05, 4.69) is 41.8 Å². The third-order valence-electron chi connectivity index (χ3n) is 3.81. The zero-order valence-electron chi connectivity index (χ0n) is 13.3. The van der Waals surface area contributed by atoms with Crippen LogP contribution >= 0.6 is 0 Å². The Balaban J connectivity index is 0.00000176. The molecule has 0 saturated carbocycles. The Hall–Kier alpha value is -1.21. The average molecular weight is 405 g/mol. The van der Waals surface area contributed by atoms with E-state index in [9.17, 15) is 4.79 Å². The van der Waals surface area contributed by atoms with Crippen LogP contribution in [0, 0.1) is 5.92 Å². The molecular weight excluding hydrogens is 383 g/mol. The zero-order chi connectivity index (χ0) is 15.0. The van der Waals surface area contributed by atoms with Crippen molar-refractivity contribution >= 4 is 29.8 Å². The molecule has 4 radical (unpaired) electrons. The first-order chi connectivity index (χ1) is 10.1. The van der Waals surface area contributed by atoms with Crippen molar-refractivity contribution in [2.24, 2.45) is 5.92 Å². The summed E-state index contributed by atoms with van der Waals surface area (Å²) >= 11 is 0. The number of carbonyl (C=O) groups excluding carboxylic acids is 1. The van der Waals surface area contributed by atoms with Gasteiger partial charge in [-0.25, -0.2) is 5.01 Å². The van der Waals surface area contributed by atoms with Gasteiger partial charge in [0.25, 0.3) is 0 Å². The maximum Gasteiger partial charge on any atom is 0.225 e. The van der Waals surface area contributed by atoms with Crippen molar-refractivity contribution in [1.82, 2.24) is 20.7 Å². The van der Waals surface area contributed by atoms with Crippen LogP contribution in [0.25, 0.3) is 0 Å². The molecule has 22 heavy (non-hydrogen) atoms. The molecule has 1 amide bonds. The van der Waals surface area contributed by atoms with Gasteiger partial charge in [-0.2, -0.15) is 0 Å². The van der Waals surface area contributed by atoms with Crippen molar-refractivity contribution in [1.29, 1.82) is 0 Å². The number of nitrogens with zero attached hydrogens (tertiary/aromatic N) is 2. The molecule has 0 aromatic heterocycles. The van der Waals surface area contributed by atoms with Crippen LogP contribution in [0.5, 0.6) is 0 Å². The number of carbonyl (C=O) groups is 1. The average Bonchev–Trinajstić information content (AvgIpc) is 2.45.